The Labute approximate surface area is 126 Å². The number of rotatable bonds is 4. The zero-order chi connectivity index (χ0) is 14.1. The topological polar surface area (TPSA) is 67.9 Å². The van der Waals surface area contributed by atoms with Crippen LogP contribution in [0.3, 0.4) is 0 Å². The van der Waals surface area contributed by atoms with Gasteiger partial charge in [-0.15, -0.1) is 5.10 Å². The smallest absolute Gasteiger partial charge is 0.229 e. The molecule has 0 N–H and O–H groups in total. The van der Waals surface area contributed by atoms with E-state index in [-0.39, 0.29) is 12.0 Å². The van der Waals surface area contributed by atoms with E-state index in [9.17, 15) is 0 Å². The standard InChI is InChI=1S/C12H16ClN5OS/c1-7(2)12-14-11(16-19-12)9-4-3-5-18(9)6-8-10(13)20-17-15-8/h7,9H,3-6H2,1-2H3/t9-/m1/s1. The van der Waals surface area contributed by atoms with Gasteiger partial charge >= 0.3 is 0 Å². The average Bonchev–Trinajstić information content (AvgIpc) is 3.11. The normalized spacial score (nSPS) is 20.1. The second kappa shape index (κ2) is 5.75. The van der Waals surface area contributed by atoms with Crippen LogP contribution in [0.15, 0.2) is 4.52 Å². The summed E-state index contributed by atoms with van der Waals surface area (Å²) < 4.78 is 9.84. The second-order valence-electron chi connectivity index (χ2n) is 5.27. The molecule has 1 fully saturated rings. The first-order chi connectivity index (χ1) is 9.65. The minimum absolute atomic E-state index is 0.184. The van der Waals surface area contributed by atoms with Crippen LogP contribution in [0.5, 0.6) is 0 Å². The van der Waals surface area contributed by atoms with Crippen LogP contribution in [0.1, 0.15) is 56.1 Å². The Morgan fingerprint density at radius 2 is 2.35 bits per heavy atom. The van der Waals surface area contributed by atoms with E-state index in [1.54, 1.807) is 0 Å². The van der Waals surface area contributed by atoms with Gasteiger partial charge in [-0.25, -0.2) is 0 Å². The van der Waals surface area contributed by atoms with Gasteiger partial charge in [-0.05, 0) is 19.4 Å². The quantitative estimate of drug-likeness (QED) is 0.864. The molecule has 108 valence electrons. The summed E-state index contributed by atoms with van der Waals surface area (Å²) in [4.78, 5) is 6.80. The highest BCUT2D eigenvalue weighted by atomic mass is 35.5. The van der Waals surface area contributed by atoms with Gasteiger partial charge < -0.3 is 4.52 Å². The minimum Gasteiger partial charge on any atom is -0.339 e. The van der Waals surface area contributed by atoms with Crippen molar-refractivity contribution in [2.24, 2.45) is 0 Å². The second-order valence-corrected chi connectivity index (χ2v) is 6.62. The van der Waals surface area contributed by atoms with E-state index >= 15 is 0 Å². The molecule has 1 aliphatic rings. The maximum Gasteiger partial charge on any atom is 0.229 e. The summed E-state index contributed by atoms with van der Waals surface area (Å²) in [6, 6.07) is 0.184. The molecule has 0 amide bonds. The summed E-state index contributed by atoms with van der Waals surface area (Å²) in [5.74, 6) is 1.72. The summed E-state index contributed by atoms with van der Waals surface area (Å²) in [5.41, 5.74) is 0.830. The van der Waals surface area contributed by atoms with E-state index in [2.05, 4.69) is 24.6 Å². The fraction of sp³-hybridized carbons (Fsp3) is 0.667. The number of hydrogen-bond donors (Lipinski definition) is 0. The molecule has 20 heavy (non-hydrogen) atoms. The van der Waals surface area contributed by atoms with Crippen molar-refractivity contribution in [3.63, 3.8) is 0 Å². The Balaban J connectivity index is 1.76. The summed E-state index contributed by atoms with van der Waals surface area (Å²) in [6.45, 7) is 5.77. The molecular formula is C12H16ClN5OS. The molecule has 0 spiro atoms. The third-order valence-electron chi connectivity index (χ3n) is 3.48. The first kappa shape index (κ1) is 13.9. The molecule has 8 heteroatoms. The van der Waals surface area contributed by atoms with Crippen LogP contribution in [0.4, 0.5) is 0 Å². The Morgan fingerprint density at radius 3 is 3.00 bits per heavy atom. The van der Waals surface area contributed by atoms with Crippen molar-refractivity contribution in [3.05, 3.63) is 21.7 Å². The Kier molecular flexibility index (Phi) is 4.00. The molecule has 0 radical (unpaired) electrons. The molecule has 1 saturated heterocycles. The van der Waals surface area contributed by atoms with E-state index in [1.165, 1.54) is 11.5 Å². The van der Waals surface area contributed by atoms with Crippen LogP contribution in [0, 0.1) is 0 Å². The van der Waals surface area contributed by atoms with Crippen molar-refractivity contribution in [3.8, 4) is 0 Å². The van der Waals surface area contributed by atoms with Crippen molar-refractivity contribution >= 4 is 23.1 Å². The van der Waals surface area contributed by atoms with E-state index < -0.39 is 0 Å². The van der Waals surface area contributed by atoms with Crippen LogP contribution < -0.4 is 0 Å². The number of likely N-dealkylation sites (tertiary alicyclic amines) is 1. The van der Waals surface area contributed by atoms with Gasteiger partial charge in [-0.1, -0.05) is 35.1 Å². The molecule has 6 nitrogen and oxygen atoms in total. The largest absolute Gasteiger partial charge is 0.339 e. The van der Waals surface area contributed by atoms with Crippen LogP contribution in [-0.2, 0) is 6.54 Å². The van der Waals surface area contributed by atoms with E-state index in [1.807, 2.05) is 13.8 Å². The van der Waals surface area contributed by atoms with Crippen LogP contribution in [0.25, 0.3) is 0 Å². The molecule has 2 aromatic rings. The third kappa shape index (κ3) is 2.70. The lowest BCUT2D eigenvalue weighted by Crippen LogP contribution is -2.24. The van der Waals surface area contributed by atoms with Crippen molar-refractivity contribution in [1.29, 1.82) is 0 Å². The molecule has 0 saturated carbocycles. The van der Waals surface area contributed by atoms with Gasteiger partial charge in [0.2, 0.25) is 5.89 Å². The Hall–Kier alpha value is -1.05. The molecule has 3 heterocycles. The SMILES string of the molecule is CC(C)c1nc([C@H]2CCCN2Cc2nnsc2Cl)no1. The summed E-state index contributed by atoms with van der Waals surface area (Å²) in [7, 11) is 0. The first-order valence-electron chi connectivity index (χ1n) is 6.69. The van der Waals surface area contributed by atoms with Crippen LogP contribution in [0.2, 0.25) is 4.34 Å². The van der Waals surface area contributed by atoms with Gasteiger partial charge in [0.05, 0.1) is 6.04 Å². The average molecular weight is 314 g/mol. The highest BCUT2D eigenvalue weighted by Crippen LogP contribution is 2.33. The van der Waals surface area contributed by atoms with Gasteiger partial charge in [0.1, 0.15) is 10.0 Å². The molecule has 0 bridgehead atoms. The highest BCUT2D eigenvalue weighted by Gasteiger charge is 2.31. The summed E-state index contributed by atoms with van der Waals surface area (Å²) in [5, 5.41) is 8.20. The maximum absolute atomic E-state index is 6.07. The number of hydrogen-bond acceptors (Lipinski definition) is 7. The summed E-state index contributed by atoms with van der Waals surface area (Å²) >= 11 is 7.30. The van der Waals surface area contributed by atoms with Crippen molar-refractivity contribution < 1.29 is 4.52 Å². The first-order valence-corrected chi connectivity index (χ1v) is 7.84. The van der Waals surface area contributed by atoms with Crippen molar-refractivity contribution in [2.75, 3.05) is 6.54 Å². The van der Waals surface area contributed by atoms with Crippen molar-refractivity contribution in [2.45, 2.75) is 45.2 Å². The van der Waals surface area contributed by atoms with Gasteiger partial charge in [0.15, 0.2) is 5.82 Å². The lowest BCUT2D eigenvalue weighted by Gasteiger charge is -2.20. The molecule has 1 aliphatic heterocycles. The molecular weight excluding hydrogens is 298 g/mol. The molecule has 1 atom stereocenters. The Bertz CT molecular complexity index is 584. The maximum atomic E-state index is 6.07. The van der Waals surface area contributed by atoms with Crippen LogP contribution in [-0.4, -0.2) is 31.2 Å². The fourth-order valence-electron chi connectivity index (χ4n) is 2.41. The fourth-order valence-corrected chi connectivity index (χ4v) is 3.02. The van der Waals surface area contributed by atoms with Gasteiger partial charge in [-0.3, -0.25) is 4.90 Å². The molecule has 0 aliphatic carbocycles. The molecule has 2 aromatic heterocycles. The van der Waals surface area contributed by atoms with Gasteiger partial charge in [0.25, 0.3) is 0 Å². The summed E-state index contributed by atoms with van der Waals surface area (Å²) in [6.07, 6.45) is 2.15. The molecule has 0 unspecified atom stereocenters. The van der Waals surface area contributed by atoms with Gasteiger partial charge in [-0.2, -0.15) is 4.98 Å². The third-order valence-corrected chi connectivity index (χ3v) is 4.46. The number of halogens is 1. The molecule has 0 aromatic carbocycles. The van der Waals surface area contributed by atoms with Gasteiger partial charge in [0, 0.05) is 24.0 Å². The zero-order valence-corrected chi connectivity index (χ0v) is 13.0. The van der Waals surface area contributed by atoms with Crippen molar-refractivity contribution in [1.82, 2.24) is 24.6 Å². The molecule has 3 rings (SSSR count). The van der Waals surface area contributed by atoms with Crippen LogP contribution >= 0.6 is 23.1 Å². The number of nitrogens with zero attached hydrogens (tertiary/aromatic N) is 5. The predicted octanol–water partition coefficient (Wildman–Crippen LogP) is 3.04. The lowest BCUT2D eigenvalue weighted by atomic mass is 10.2. The van der Waals surface area contributed by atoms with E-state index in [0.29, 0.717) is 16.8 Å². The number of aromatic nitrogens is 4. The minimum atomic E-state index is 0.184. The Morgan fingerprint density at radius 1 is 1.50 bits per heavy atom. The highest BCUT2D eigenvalue weighted by molar-refractivity contribution is 7.10. The van der Waals surface area contributed by atoms with E-state index in [4.69, 9.17) is 16.1 Å². The monoisotopic (exact) mass is 313 g/mol. The predicted molar refractivity (Wildman–Crippen MR) is 75.7 cm³/mol. The van der Waals surface area contributed by atoms with E-state index in [0.717, 1.165) is 30.9 Å². The zero-order valence-electron chi connectivity index (χ0n) is 11.4. The lowest BCUT2D eigenvalue weighted by molar-refractivity contribution is 0.231.